The Hall–Kier alpha value is -2.14. The molecule has 0 aromatic heterocycles. The fraction of sp³-hybridized carbons (Fsp3) is 0.778. The highest BCUT2D eigenvalue weighted by Crippen LogP contribution is 2.13. The molecular formula is C45H80O5. The van der Waals surface area contributed by atoms with Crippen molar-refractivity contribution in [3.63, 3.8) is 0 Å². The molecule has 0 aliphatic rings. The van der Waals surface area contributed by atoms with Crippen molar-refractivity contribution in [1.29, 1.82) is 0 Å². The van der Waals surface area contributed by atoms with Gasteiger partial charge in [-0.25, -0.2) is 0 Å². The van der Waals surface area contributed by atoms with Crippen molar-refractivity contribution in [2.24, 2.45) is 0 Å². The molecule has 0 heterocycles. The summed E-state index contributed by atoms with van der Waals surface area (Å²) in [5, 5.41) is 9.57. The van der Waals surface area contributed by atoms with Gasteiger partial charge in [-0.2, -0.15) is 0 Å². The summed E-state index contributed by atoms with van der Waals surface area (Å²) in [7, 11) is 0. The molecule has 0 radical (unpaired) electrons. The molecule has 1 atom stereocenters. The Morgan fingerprint density at radius 3 is 1.26 bits per heavy atom. The van der Waals surface area contributed by atoms with E-state index in [2.05, 4.69) is 62.5 Å². The lowest BCUT2D eigenvalue weighted by Gasteiger charge is -2.15. The Kier molecular flexibility index (Phi) is 39.5. The Bertz CT molecular complexity index is 842. The van der Waals surface area contributed by atoms with Crippen molar-refractivity contribution in [2.75, 3.05) is 13.2 Å². The van der Waals surface area contributed by atoms with Gasteiger partial charge in [-0.1, -0.05) is 165 Å². The predicted octanol–water partition coefficient (Wildman–Crippen LogP) is 13.4. The van der Waals surface area contributed by atoms with E-state index in [1.807, 2.05) is 0 Å². The maximum Gasteiger partial charge on any atom is 0.306 e. The van der Waals surface area contributed by atoms with Gasteiger partial charge in [-0.05, 0) is 77.0 Å². The normalized spacial score (nSPS) is 12.6. The molecule has 0 saturated heterocycles. The minimum Gasteiger partial charge on any atom is -0.462 e. The van der Waals surface area contributed by atoms with E-state index >= 15 is 0 Å². The van der Waals surface area contributed by atoms with Crippen molar-refractivity contribution >= 4 is 11.9 Å². The first-order valence-electron chi connectivity index (χ1n) is 21.2. The zero-order valence-electron chi connectivity index (χ0n) is 32.9. The second-order valence-electron chi connectivity index (χ2n) is 14.1. The molecule has 0 aliphatic carbocycles. The Morgan fingerprint density at radius 1 is 0.460 bits per heavy atom. The largest absolute Gasteiger partial charge is 0.462 e. The minimum absolute atomic E-state index is 0.0783. The van der Waals surface area contributed by atoms with Crippen molar-refractivity contribution in [1.82, 2.24) is 0 Å². The van der Waals surface area contributed by atoms with Crippen LogP contribution in [0, 0.1) is 0 Å². The van der Waals surface area contributed by atoms with Gasteiger partial charge in [0.1, 0.15) is 6.61 Å². The number of ether oxygens (including phenoxy) is 2. The van der Waals surface area contributed by atoms with Gasteiger partial charge in [0.15, 0.2) is 6.10 Å². The summed E-state index contributed by atoms with van der Waals surface area (Å²) < 4.78 is 10.6. The van der Waals surface area contributed by atoms with Crippen LogP contribution in [0.5, 0.6) is 0 Å². The SMILES string of the molecule is CCCCC/C=C\C/C=C\C/C=C\CCCCCCC(=O)OC[C@H](CO)OC(=O)CCCCCCCCCCC/C=C\CCCCCCCC. The first-order valence-corrected chi connectivity index (χ1v) is 21.2. The molecule has 50 heavy (non-hydrogen) atoms. The first kappa shape index (κ1) is 47.9. The molecule has 1 N–H and O–H groups in total. The molecule has 0 spiro atoms. The van der Waals surface area contributed by atoms with Gasteiger partial charge in [0.25, 0.3) is 0 Å². The van der Waals surface area contributed by atoms with E-state index in [4.69, 9.17) is 9.47 Å². The van der Waals surface area contributed by atoms with Crippen LogP contribution in [0.25, 0.3) is 0 Å². The number of aliphatic hydroxyl groups is 1. The lowest BCUT2D eigenvalue weighted by molar-refractivity contribution is -0.161. The highest BCUT2D eigenvalue weighted by atomic mass is 16.6. The van der Waals surface area contributed by atoms with Crippen LogP contribution in [-0.2, 0) is 19.1 Å². The lowest BCUT2D eigenvalue weighted by Crippen LogP contribution is -2.28. The number of hydrogen-bond acceptors (Lipinski definition) is 5. The molecule has 0 aliphatic heterocycles. The highest BCUT2D eigenvalue weighted by Gasteiger charge is 2.16. The summed E-state index contributed by atoms with van der Waals surface area (Å²) in [4.78, 5) is 24.3. The average molecular weight is 701 g/mol. The van der Waals surface area contributed by atoms with Crippen molar-refractivity contribution in [2.45, 2.75) is 213 Å². The second kappa shape index (κ2) is 41.3. The molecule has 0 aromatic carbocycles. The third-order valence-electron chi connectivity index (χ3n) is 9.10. The zero-order valence-corrected chi connectivity index (χ0v) is 32.9. The summed E-state index contributed by atoms with van der Waals surface area (Å²) in [5.41, 5.74) is 0. The molecule has 0 saturated carbocycles. The number of allylic oxidation sites excluding steroid dienone is 8. The van der Waals surface area contributed by atoms with E-state index in [0.29, 0.717) is 12.8 Å². The standard InChI is InChI=1S/C45H80O5/c1-3-5-7-9-11-13-15-17-19-21-22-24-26-28-30-32-34-36-38-40-45(48)50-43(41-46)42-49-44(47)39-37-35-33-31-29-27-25-23-20-18-16-14-12-10-8-6-4-2/h12,14,17-20,25,27,43,46H,3-11,13,15-16,21-24,26,28-42H2,1-2H3/b14-12-,19-17-,20-18-,27-25-/t43-/m0/s1. The van der Waals surface area contributed by atoms with Gasteiger partial charge in [0, 0.05) is 12.8 Å². The monoisotopic (exact) mass is 701 g/mol. The van der Waals surface area contributed by atoms with Crippen LogP contribution in [0.1, 0.15) is 206 Å². The van der Waals surface area contributed by atoms with Crippen LogP contribution in [0.2, 0.25) is 0 Å². The fourth-order valence-corrected chi connectivity index (χ4v) is 5.85. The number of esters is 2. The molecule has 5 nitrogen and oxygen atoms in total. The zero-order chi connectivity index (χ0) is 36.4. The number of rotatable bonds is 38. The summed E-state index contributed by atoms with van der Waals surface area (Å²) >= 11 is 0. The maximum atomic E-state index is 12.2. The number of hydrogen-bond donors (Lipinski definition) is 1. The third-order valence-corrected chi connectivity index (χ3v) is 9.10. The van der Waals surface area contributed by atoms with E-state index in [-0.39, 0.29) is 25.2 Å². The topological polar surface area (TPSA) is 72.8 Å². The predicted molar refractivity (Wildman–Crippen MR) is 214 cm³/mol. The number of unbranched alkanes of at least 4 members (excludes halogenated alkanes) is 22. The molecule has 0 amide bonds. The van der Waals surface area contributed by atoms with Gasteiger partial charge in [-0.3, -0.25) is 9.59 Å². The van der Waals surface area contributed by atoms with E-state index in [0.717, 1.165) is 64.2 Å². The Morgan fingerprint density at radius 2 is 0.800 bits per heavy atom. The van der Waals surface area contributed by atoms with E-state index < -0.39 is 6.10 Å². The summed E-state index contributed by atoms with van der Waals surface area (Å²) in [6.07, 6.45) is 51.7. The Balaban J connectivity index is 3.58. The van der Waals surface area contributed by atoms with Gasteiger partial charge >= 0.3 is 11.9 Å². The van der Waals surface area contributed by atoms with E-state index in [9.17, 15) is 14.7 Å². The summed E-state index contributed by atoms with van der Waals surface area (Å²) in [6.45, 7) is 4.09. The van der Waals surface area contributed by atoms with Gasteiger partial charge < -0.3 is 14.6 Å². The highest BCUT2D eigenvalue weighted by molar-refractivity contribution is 5.70. The van der Waals surface area contributed by atoms with Crippen LogP contribution in [0.4, 0.5) is 0 Å². The van der Waals surface area contributed by atoms with Crippen LogP contribution in [-0.4, -0.2) is 36.4 Å². The van der Waals surface area contributed by atoms with Crippen LogP contribution in [0.3, 0.4) is 0 Å². The van der Waals surface area contributed by atoms with Gasteiger partial charge in [0.05, 0.1) is 6.61 Å². The molecule has 0 aromatic rings. The third kappa shape index (κ3) is 38.7. The minimum atomic E-state index is -0.782. The van der Waals surface area contributed by atoms with Crippen LogP contribution < -0.4 is 0 Å². The lowest BCUT2D eigenvalue weighted by atomic mass is 10.1. The Labute approximate surface area is 309 Å². The number of aliphatic hydroxyl groups excluding tert-OH is 1. The molecule has 5 heteroatoms. The van der Waals surface area contributed by atoms with Gasteiger partial charge in [0.2, 0.25) is 0 Å². The van der Waals surface area contributed by atoms with E-state index in [1.165, 1.54) is 116 Å². The maximum absolute atomic E-state index is 12.2. The molecule has 290 valence electrons. The smallest absolute Gasteiger partial charge is 0.306 e. The van der Waals surface area contributed by atoms with Crippen molar-refractivity contribution < 1.29 is 24.2 Å². The number of carbonyl (C=O) groups is 2. The molecular weight excluding hydrogens is 620 g/mol. The van der Waals surface area contributed by atoms with Crippen LogP contribution >= 0.6 is 0 Å². The van der Waals surface area contributed by atoms with Crippen molar-refractivity contribution in [3.8, 4) is 0 Å². The number of carbonyl (C=O) groups excluding carboxylic acids is 2. The van der Waals surface area contributed by atoms with Crippen molar-refractivity contribution in [3.05, 3.63) is 48.6 Å². The quantitative estimate of drug-likeness (QED) is 0.0394. The second-order valence-corrected chi connectivity index (χ2v) is 14.1. The fourth-order valence-electron chi connectivity index (χ4n) is 5.85. The molecule has 0 bridgehead atoms. The van der Waals surface area contributed by atoms with Crippen LogP contribution in [0.15, 0.2) is 48.6 Å². The molecule has 0 rings (SSSR count). The summed E-state index contributed by atoms with van der Waals surface area (Å²) in [5.74, 6) is -0.617. The molecule has 0 fully saturated rings. The first-order chi connectivity index (χ1) is 24.6. The average Bonchev–Trinajstić information content (AvgIpc) is 3.12. The van der Waals surface area contributed by atoms with E-state index in [1.54, 1.807) is 0 Å². The van der Waals surface area contributed by atoms with Gasteiger partial charge in [-0.15, -0.1) is 0 Å². The summed E-state index contributed by atoms with van der Waals surface area (Å²) in [6, 6.07) is 0. The molecule has 0 unspecified atom stereocenters.